The van der Waals surface area contributed by atoms with Crippen LogP contribution in [0.5, 0.6) is 0 Å². The SMILES string of the molecule is c1ccc(C2=NC(c3ccccc3)=IC(c3cccc(-n4c5ccccc5c5cc(-c6ccc7oc8ccccc8c7c6)ccc54)c3)=N2)cc1. The molecule has 5 heteroatoms. The van der Waals surface area contributed by atoms with Gasteiger partial charge in [0.25, 0.3) is 0 Å². The maximum absolute atomic E-state index is 6.12. The van der Waals surface area contributed by atoms with E-state index in [1.807, 2.05) is 30.3 Å². The first-order valence-electron chi connectivity index (χ1n) is 16.6. The van der Waals surface area contributed by atoms with Gasteiger partial charge in [-0.3, -0.25) is 0 Å². The lowest BCUT2D eigenvalue weighted by Gasteiger charge is -2.14. The van der Waals surface area contributed by atoms with Gasteiger partial charge in [-0.2, -0.15) is 0 Å². The molecule has 0 saturated carbocycles. The Balaban J connectivity index is 1.11. The highest BCUT2D eigenvalue weighted by atomic mass is 127. The van der Waals surface area contributed by atoms with Gasteiger partial charge < -0.3 is 8.98 Å². The first-order valence-corrected chi connectivity index (χ1v) is 18.8. The standard InChI is InChI=1S/C45H28IN3O/c1-3-12-29(13-4-1)43-46-44(48-45(47-43)30-14-5-2-6-15-30)33-16-11-17-34(26-33)49-39-20-9-7-18-35(39)37-27-31(22-24-40(37)49)32-23-25-42-38(28-32)36-19-8-10-21-41(36)50-42/h1-28H. The van der Waals surface area contributed by atoms with Gasteiger partial charge in [0, 0.05) is 43.9 Å². The van der Waals surface area contributed by atoms with E-state index in [0.29, 0.717) is 0 Å². The Morgan fingerprint density at radius 2 is 1.06 bits per heavy atom. The van der Waals surface area contributed by atoms with Crippen LogP contribution in [0.3, 0.4) is 0 Å². The van der Waals surface area contributed by atoms with E-state index in [1.54, 1.807) is 0 Å². The number of para-hydroxylation sites is 2. The summed E-state index contributed by atoms with van der Waals surface area (Å²) in [5.41, 5.74) is 11.0. The van der Waals surface area contributed by atoms with E-state index in [-0.39, 0.29) is 0 Å². The molecule has 9 aromatic rings. The van der Waals surface area contributed by atoms with E-state index in [4.69, 9.17) is 14.4 Å². The molecule has 0 N–H and O–H groups in total. The molecule has 0 spiro atoms. The summed E-state index contributed by atoms with van der Waals surface area (Å²) in [4.78, 5) is 10.3. The molecule has 50 heavy (non-hydrogen) atoms. The molecule has 0 aliphatic carbocycles. The van der Waals surface area contributed by atoms with Crippen molar-refractivity contribution in [2.24, 2.45) is 9.98 Å². The fourth-order valence-corrected chi connectivity index (χ4v) is 9.48. The number of amidine groups is 1. The van der Waals surface area contributed by atoms with Crippen LogP contribution in [0.1, 0.15) is 16.7 Å². The van der Waals surface area contributed by atoms with Crippen molar-refractivity contribution in [3.63, 3.8) is 0 Å². The first-order chi connectivity index (χ1) is 24.8. The molecule has 3 heterocycles. The molecule has 0 bridgehead atoms. The normalized spacial score (nSPS) is 13.3. The molecule has 0 radical (unpaired) electrons. The van der Waals surface area contributed by atoms with Gasteiger partial charge in [-0.1, -0.05) is 121 Å². The Morgan fingerprint density at radius 3 is 1.90 bits per heavy atom. The van der Waals surface area contributed by atoms with Gasteiger partial charge in [0.2, 0.25) is 0 Å². The molecular weight excluding hydrogens is 725 g/mol. The van der Waals surface area contributed by atoms with Crippen molar-refractivity contribution in [2.75, 3.05) is 0 Å². The molecule has 0 saturated heterocycles. The third-order valence-electron chi connectivity index (χ3n) is 9.36. The summed E-state index contributed by atoms with van der Waals surface area (Å²) in [5.74, 6) is 0.766. The van der Waals surface area contributed by atoms with E-state index in [0.717, 1.165) is 57.5 Å². The topological polar surface area (TPSA) is 42.8 Å². The zero-order chi connectivity index (χ0) is 33.0. The van der Waals surface area contributed by atoms with Crippen molar-refractivity contribution in [2.45, 2.75) is 0 Å². The highest BCUT2D eigenvalue weighted by Gasteiger charge is 2.18. The molecule has 0 amide bonds. The Morgan fingerprint density at radius 1 is 0.420 bits per heavy atom. The minimum Gasteiger partial charge on any atom is -0.456 e. The smallest absolute Gasteiger partial charge is 0.161 e. The lowest BCUT2D eigenvalue weighted by atomic mass is 10.0. The van der Waals surface area contributed by atoms with Crippen LogP contribution in [0.15, 0.2) is 184 Å². The van der Waals surface area contributed by atoms with Crippen LogP contribution in [0.2, 0.25) is 0 Å². The predicted molar refractivity (Wildman–Crippen MR) is 218 cm³/mol. The number of benzene rings is 7. The Bertz CT molecular complexity index is 2820. The molecule has 4 nitrogen and oxygen atoms in total. The highest BCUT2D eigenvalue weighted by Crippen LogP contribution is 2.37. The van der Waals surface area contributed by atoms with Crippen LogP contribution in [0, 0.1) is 0 Å². The molecule has 0 atom stereocenters. The van der Waals surface area contributed by atoms with Crippen molar-refractivity contribution in [3.05, 3.63) is 187 Å². The van der Waals surface area contributed by atoms with Crippen LogP contribution in [-0.4, -0.2) is 17.8 Å². The number of rotatable bonds is 5. The number of halogens is 1. The van der Waals surface area contributed by atoms with E-state index in [2.05, 4.69) is 144 Å². The number of aliphatic imine (C=N–C) groups is 2. The zero-order valence-corrected chi connectivity index (χ0v) is 29.0. The summed E-state index contributed by atoms with van der Waals surface area (Å²) in [6.07, 6.45) is 0. The molecule has 0 unspecified atom stereocenters. The van der Waals surface area contributed by atoms with E-state index in [1.165, 1.54) is 32.9 Å². The van der Waals surface area contributed by atoms with Gasteiger partial charge in [0.05, 0.1) is 11.0 Å². The van der Waals surface area contributed by atoms with Gasteiger partial charge in [-0.25, -0.2) is 9.98 Å². The summed E-state index contributed by atoms with van der Waals surface area (Å²) >= 11 is -0.624. The number of nitrogens with zero attached hydrogens (tertiary/aromatic N) is 3. The summed E-state index contributed by atoms with van der Waals surface area (Å²) in [6, 6.07) is 60.0. The third kappa shape index (κ3) is 4.92. The monoisotopic (exact) mass is 753 g/mol. The van der Waals surface area contributed by atoms with Crippen molar-refractivity contribution in [1.29, 1.82) is 0 Å². The lowest BCUT2D eigenvalue weighted by Crippen LogP contribution is -2.11. The lowest BCUT2D eigenvalue weighted by molar-refractivity contribution is 0.669. The van der Waals surface area contributed by atoms with Gasteiger partial charge in [0.1, 0.15) is 18.5 Å². The fourth-order valence-electron chi connectivity index (χ4n) is 6.98. The Labute approximate surface area is 298 Å². The second-order valence-corrected chi connectivity index (χ2v) is 15.0. The average Bonchev–Trinajstić information content (AvgIpc) is 3.73. The van der Waals surface area contributed by atoms with Crippen LogP contribution in [-0.2, 0) is 0 Å². The summed E-state index contributed by atoms with van der Waals surface area (Å²) in [6.45, 7) is 0. The second-order valence-electron chi connectivity index (χ2n) is 12.4. The van der Waals surface area contributed by atoms with Gasteiger partial charge >= 0.3 is 0 Å². The van der Waals surface area contributed by atoms with Gasteiger partial charge in [-0.05, 0) is 80.4 Å². The average molecular weight is 754 g/mol. The first kappa shape index (κ1) is 29.0. The largest absolute Gasteiger partial charge is 0.456 e. The summed E-state index contributed by atoms with van der Waals surface area (Å²) in [7, 11) is 0. The molecule has 7 aromatic carbocycles. The minimum atomic E-state index is -0.624. The van der Waals surface area contributed by atoms with Crippen LogP contribution in [0.25, 0.3) is 60.6 Å². The van der Waals surface area contributed by atoms with Crippen LogP contribution >= 0.6 is 20.7 Å². The van der Waals surface area contributed by atoms with E-state index in [9.17, 15) is 0 Å². The summed E-state index contributed by atoms with van der Waals surface area (Å²) in [5, 5.41) is 4.73. The fraction of sp³-hybridized carbons (Fsp3) is 0. The number of hydrogen-bond acceptors (Lipinski definition) is 3. The highest BCUT2D eigenvalue weighted by molar-refractivity contribution is 14.2. The van der Waals surface area contributed by atoms with Crippen molar-refractivity contribution < 1.29 is 4.42 Å². The van der Waals surface area contributed by atoms with E-state index < -0.39 is 20.7 Å². The predicted octanol–water partition coefficient (Wildman–Crippen LogP) is 11.7. The second kappa shape index (κ2) is 11.9. The van der Waals surface area contributed by atoms with Crippen LogP contribution < -0.4 is 0 Å². The van der Waals surface area contributed by atoms with E-state index >= 15 is 0 Å². The molecule has 1 aliphatic rings. The van der Waals surface area contributed by atoms with Crippen molar-refractivity contribution in [1.82, 2.24) is 4.57 Å². The number of furan rings is 1. The number of aromatic nitrogens is 1. The van der Waals surface area contributed by atoms with Crippen LogP contribution in [0.4, 0.5) is 0 Å². The maximum atomic E-state index is 6.12. The number of hydrogen-bond donors (Lipinski definition) is 0. The van der Waals surface area contributed by atoms with Gasteiger partial charge in [0.15, 0.2) is 5.84 Å². The molecule has 0 fully saturated rings. The Kier molecular flexibility index (Phi) is 6.91. The molecule has 236 valence electrons. The summed E-state index contributed by atoms with van der Waals surface area (Å²) < 4.78 is 10.7. The maximum Gasteiger partial charge on any atom is 0.161 e. The number of fused-ring (bicyclic) bond motifs is 6. The quantitative estimate of drug-likeness (QED) is 0.161. The minimum absolute atomic E-state index is 0.624. The van der Waals surface area contributed by atoms with Crippen molar-refractivity contribution in [3.8, 4) is 16.8 Å². The Hall–Kier alpha value is -5.92. The van der Waals surface area contributed by atoms with Crippen molar-refractivity contribution >= 4 is 77.7 Å². The molecule has 10 rings (SSSR count). The molecule has 2 aromatic heterocycles. The van der Waals surface area contributed by atoms with Gasteiger partial charge in [-0.15, -0.1) is 0 Å². The third-order valence-corrected chi connectivity index (χ3v) is 12.1. The molecular formula is C45H28IN3O. The molecule has 1 aliphatic heterocycles. The zero-order valence-electron chi connectivity index (χ0n) is 26.8.